The van der Waals surface area contributed by atoms with E-state index in [-0.39, 0.29) is 0 Å². The third-order valence-electron chi connectivity index (χ3n) is 6.02. The van der Waals surface area contributed by atoms with Gasteiger partial charge >= 0.3 is 0 Å². The highest BCUT2D eigenvalue weighted by Crippen LogP contribution is 2.34. The minimum Gasteiger partial charge on any atom is -0.713 e. The second-order valence-corrected chi connectivity index (χ2v) is 10.1. The van der Waals surface area contributed by atoms with Gasteiger partial charge in [-0.3, -0.25) is 4.79 Å². The number of para-hydroxylation sites is 1. The van der Waals surface area contributed by atoms with Crippen LogP contribution in [0.1, 0.15) is 18.0 Å². The first kappa shape index (κ1) is 25.0. The van der Waals surface area contributed by atoms with Crippen LogP contribution >= 0.6 is 0 Å². The third-order valence-corrected chi connectivity index (χ3v) is 6.37. The van der Waals surface area contributed by atoms with Crippen LogP contribution in [-0.4, -0.2) is 48.5 Å². The number of ether oxygens (including phenoxy) is 1. The highest BCUT2D eigenvalue weighted by atomic mass is 127. The van der Waals surface area contributed by atoms with Crippen molar-refractivity contribution in [2.75, 3.05) is 23.9 Å². The van der Waals surface area contributed by atoms with Gasteiger partial charge in [0.1, 0.15) is 23.8 Å². The second-order valence-electron chi connectivity index (χ2n) is 8.47. The van der Waals surface area contributed by atoms with E-state index in [2.05, 4.69) is 25.6 Å². The number of carbonyl (C=O) groups excluding carboxylic acids is 1. The summed E-state index contributed by atoms with van der Waals surface area (Å²) in [6.07, 6.45) is 7.34. The van der Waals surface area contributed by atoms with Gasteiger partial charge in [0, 0.05) is 11.3 Å². The van der Waals surface area contributed by atoms with E-state index in [9.17, 15) is 13.6 Å². The summed E-state index contributed by atoms with van der Waals surface area (Å²) >= 11 is 1.06. The number of aromatic nitrogens is 5. The van der Waals surface area contributed by atoms with Crippen molar-refractivity contribution in [2.45, 2.75) is 22.8 Å². The van der Waals surface area contributed by atoms with E-state index >= 15 is 0 Å². The predicted octanol–water partition coefficient (Wildman–Crippen LogP) is 1.15. The Hall–Kier alpha value is -3.68. The number of anilines is 3. The number of nitrogens with one attached hydrogen (secondary N) is 1. The van der Waals surface area contributed by atoms with Gasteiger partial charge in [0.2, 0.25) is 0 Å². The number of rotatable bonds is 7. The van der Waals surface area contributed by atoms with Gasteiger partial charge in [-0.2, -0.15) is 0 Å². The molecule has 2 aromatic carbocycles. The van der Waals surface area contributed by atoms with Gasteiger partial charge in [-0.15, -0.1) is 5.10 Å². The van der Waals surface area contributed by atoms with Crippen LogP contribution in [0.5, 0.6) is 5.75 Å². The molecule has 4 aromatic rings. The molecule has 1 aliphatic heterocycles. The lowest BCUT2D eigenvalue weighted by Crippen LogP contribution is -3.42. The van der Waals surface area contributed by atoms with Crippen molar-refractivity contribution in [1.82, 2.24) is 25.0 Å². The number of aryl methyl sites for hydroxylation is 1. The van der Waals surface area contributed by atoms with Crippen molar-refractivity contribution in [3.05, 3.63) is 72.9 Å². The van der Waals surface area contributed by atoms with Crippen LogP contribution in [0.4, 0.5) is 25.8 Å². The molecule has 1 radical (unpaired) electrons. The molecule has 0 saturated carbocycles. The van der Waals surface area contributed by atoms with E-state index in [0.29, 0.717) is 41.3 Å². The van der Waals surface area contributed by atoms with Gasteiger partial charge in [0.05, 0.1) is 43.6 Å². The van der Waals surface area contributed by atoms with E-state index in [1.54, 1.807) is 43.9 Å². The Morgan fingerprint density at radius 2 is 1.97 bits per heavy atom. The Morgan fingerprint density at radius 3 is 2.73 bits per heavy atom. The molecule has 1 N–H and O–H groups in total. The number of halogens is 3. The van der Waals surface area contributed by atoms with Crippen LogP contribution < -0.4 is 37.5 Å². The van der Waals surface area contributed by atoms with E-state index in [1.165, 1.54) is 11.0 Å². The fourth-order valence-electron chi connectivity index (χ4n) is 4.32. The number of hydrogen-bond acceptors (Lipinski definition) is 7. The molecule has 191 valence electrons. The molecule has 1 atom stereocenters. The van der Waals surface area contributed by atoms with Crippen LogP contribution in [0.3, 0.4) is 0 Å². The van der Waals surface area contributed by atoms with Crippen molar-refractivity contribution >= 4 is 23.0 Å². The van der Waals surface area contributed by atoms with Gasteiger partial charge in [-0.05, 0) is 36.6 Å². The Bertz CT molecular complexity index is 1410. The zero-order valence-corrected chi connectivity index (χ0v) is 21.8. The standard InChI is InChI=1S/C25H22F2IN7O2/c1-37-23-10-17(6-8-19(23)31-18-11-29-15-30-12-18)20-13-35(33-32-20)22-9-7-16-4-2-3-5-21(16)34(24(22)36)14-25(26,27)28/h2-6,8,10-13,15,22,31H,7,9,14H2,1H3/q-1. The maximum Gasteiger partial charge on any atom is 0.252 e. The zero-order valence-electron chi connectivity index (χ0n) is 19.7. The molecule has 1 aliphatic rings. The average molecular weight is 617 g/mol. The minimum absolute atomic E-state index is 0.410. The molecule has 12 heteroatoms. The van der Waals surface area contributed by atoms with Crippen molar-refractivity contribution in [3.63, 3.8) is 0 Å². The first-order valence-corrected chi connectivity index (χ1v) is 12.5. The first-order chi connectivity index (χ1) is 17.8. The number of benzene rings is 2. The van der Waals surface area contributed by atoms with Crippen molar-refractivity contribution < 1.29 is 40.9 Å². The summed E-state index contributed by atoms with van der Waals surface area (Å²) in [6, 6.07) is 11.9. The lowest BCUT2D eigenvalue weighted by atomic mass is 10.1. The number of methoxy groups -OCH3 is 1. The summed E-state index contributed by atoms with van der Waals surface area (Å²) in [7, 11) is 1.56. The molecule has 5 rings (SSSR count). The van der Waals surface area contributed by atoms with Gasteiger partial charge < -0.3 is 37.5 Å². The fraction of sp³-hybridized carbons (Fsp3) is 0.240. The molecule has 0 saturated heterocycles. The highest BCUT2D eigenvalue weighted by molar-refractivity contribution is 5.97. The topological polar surface area (TPSA) is 98.1 Å². The molecule has 0 aliphatic carbocycles. The van der Waals surface area contributed by atoms with Crippen molar-refractivity contribution in [3.8, 4) is 17.0 Å². The van der Waals surface area contributed by atoms with Gasteiger partial charge in [0.15, 0.2) is 3.93 Å². The lowest BCUT2D eigenvalue weighted by molar-refractivity contribution is -0.565. The molecule has 0 bridgehead atoms. The van der Waals surface area contributed by atoms with Crippen LogP contribution in [0, 0.1) is 0 Å². The molecular formula is C25H22F2IN7O2-. The largest absolute Gasteiger partial charge is 0.713 e. The van der Waals surface area contributed by atoms with Crippen molar-refractivity contribution in [2.24, 2.45) is 0 Å². The van der Waals surface area contributed by atoms with Crippen LogP contribution in [0.15, 0.2) is 67.4 Å². The Kier molecular flexibility index (Phi) is 7.00. The summed E-state index contributed by atoms with van der Waals surface area (Å²) in [4.78, 5) is 22.7. The monoisotopic (exact) mass is 617 g/mol. The van der Waals surface area contributed by atoms with Crippen molar-refractivity contribution in [1.29, 1.82) is 0 Å². The Labute approximate surface area is 225 Å². The molecule has 1 amide bonds. The van der Waals surface area contributed by atoms with Gasteiger partial charge in [-0.25, -0.2) is 23.4 Å². The highest BCUT2D eigenvalue weighted by Gasteiger charge is 2.34. The molecule has 9 nitrogen and oxygen atoms in total. The minimum atomic E-state index is -3.08. The smallest absolute Gasteiger partial charge is 0.252 e. The number of fused-ring (bicyclic) bond motifs is 1. The normalized spacial score (nSPS) is 15.7. The Balaban J connectivity index is 1.42. The predicted molar refractivity (Wildman–Crippen MR) is 128 cm³/mol. The van der Waals surface area contributed by atoms with E-state index in [4.69, 9.17) is 4.74 Å². The van der Waals surface area contributed by atoms with E-state index < -0.39 is 22.4 Å². The third kappa shape index (κ3) is 5.53. The molecule has 37 heavy (non-hydrogen) atoms. The average Bonchev–Trinajstić information content (AvgIpc) is 3.33. The van der Waals surface area contributed by atoms with Crippen LogP contribution in [-0.2, 0) is 11.2 Å². The van der Waals surface area contributed by atoms with Gasteiger partial charge in [0.25, 0.3) is 5.91 Å². The maximum absolute atomic E-state index is 14.0. The lowest BCUT2D eigenvalue weighted by Gasteiger charge is -2.32. The number of hydrogen-bond donors (Lipinski definition) is 1. The second kappa shape index (κ2) is 10.4. The van der Waals surface area contributed by atoms with E-state index in [1.807, 2.05) is 24.3 Å². The zero-order chi connectivity index (χ0) is 26.0. The quantitative estimate of drug-likeness (QED) is 0.246. The SMILES string of the molecule is COc1cc(-c2cn(C3CCc4ccccc4N(CC(F)(F)[I-])C3=O)nn2)ccc1Nc1cncnc1. The first-order valence-electron chi connectivity index (χ1n) is 11.4. The van der Waals surface area contributed by atoms with Crippen LogP contribution in [0.25, 0.3) is 11.3 Å². The molecule has 3 heterocycles. The summed E-state index contributed by atoms with van der Waals surface area (Å²) < 4.78 is 32.0. The summed E-state index contributed by atoms with van der Waals surface area (Å²) in [5.41, 5.74) is 4.00. The summed E-state index contributed by atoms with van der Waals surface area (Å²) in [5.74, 6) is 0.118. The molecule has 2 aromatic heterocycles. The number of nitrogens with zero attached hydrogens (tertiary/aromatic N) is 6. The molecule has 1 unspecified atom stereocenters. The van der Waals surface area contributed by atoms with E-state index in [0.717, 1.165) is 38.6 Å². The Morgan fingerprint density at radius 1 is 1.19 bits per heavy atom. The maximum atomic E-state index is 14.0. The molecular weight excluding hydrogens is 595 g/mol. The van der Waals surface area contributed by atoms with Crippen LogP contribution in [0.2, 0.25) is 0 Å². The molecule has 0 fully saturated rings. The van der Waals surface area contributed by atoms with Gasteiger partial charge in [-0.1, -0.05) is 29.5 Å². The number of amides is 1. The summed E-state index contributed by atoms with van der Waals surface area (Å²) in [5, 5.41) is 11.7. The summed E-state index contributed by atoms with van der Waals surface area (Å²) in [6.45, 7) is -0.723. The molecule has 0 spiro atoms. The number of alkyl halides is 3. The number of carbonyl (C=O) groups is 1. The fourth-order valence-corrected chi connectivity index (χ4v) is 4.66.